The third-order valence-electron chi connectivity index (χ3n) is 3.97. The standard InChI is InChI=1S/C20H26N2O3S.ClH/c1-3-12-21-13-14-22-20(23)18-8-6-17(7-9-18)15-26(24,25)19-10-4-16(2)5-11-19;/h4-11,21H,3,12-15H2,1-2H3,(H,22,23);1H. The van der Waals surface area contributed by atoms with Crippen molar-refractivity contribution in [2.75, 3.05) is 19.6 Å². The van der Waals surface area contributed by atoms with Gasteiger partial charge in [-0.2, -0.15) is 0 Å². The molecule has 2 rings (SSSR count). The Morgan fingerprint density at radius 3 is 2.15 bits per heavy atom. The summed E-state index contributed by atoms with van der Waals surface area (Å²) in [5, 5.41) is 6.05. The lowest BCUT2D eigenvalue weighted by molar-refractivity contribution is 0.0954. The van der Waals surface area contributed by atoms with E-state index in [0.29, 0.717) is 22.6 Å². The number of nitrogens with one attached hydrogen (secondary N) is 2. The summed E-state index contributed by atoms with van der Waals surface area (Å²) in [5.74, 6) is -0.241. The SMILES string of the molecule is CCCNCCNC(=O)c1ccc(CS(=O)(=O)c2ccc(C)cc2)cc1.Cl. The van der Waals surface area contributed by atoms with Crippen LogP contribution in [0.4, 0.5) is 0 Å². The largest absolute Gasteiger partial charge is 0.351 e. The molecule has 0 saturated heterocycles. The summed E-state index contributed by atoms with van der Waals surface area (Å²) in [6.45, 7) is 6.22. The van der Waals surface area contributed by atoms with Gasteiger partial charge in [0.25, 0.3) is 5.91 Å². The van der Waals surface area contributed by atoms with E-state index in [1.54, 1.807) is 48.5 Å². The van der Waals surface area contributed by atoms with E-state index in [9.17, 15) is 13.2 Å². The minimum Gasteiger partial charge on any atom is -0.351 e. The average molecular weight is 411 g/mol. The van der Waals surface area contributed by atoms with Crippen molar-refractivity contribution < 1.29 is 13.2 Å². The minimum atomic E-state index is -3.40. The summed E-state index contributed by atoms with van der Waals surface area (Å²) in [6.07, 6.45) is 1.06. The Morgan fingerprint density at radius 2 is 1.56 bits per heavy atom. The zero-order valence-electron chi connectivity index (χ0n) is 15.7. The molecule has 0 heterocycles. The molecular formula is C20H27ClN2O3S. The average Bonchev–Trinajstić information content (AvgIpc) is 2.62. The fourth-order valence-corrected chi connectivity index (χ4v) is 3.82. The third-order valence-corrected chi connectivity index (χ3v) is 5.67. The Kier molecular flexibility index (Phi) is 9.49. The summed E-state index contributed by atoms with van der Waals surface area (Å²) >= 11 is 0. The second-order valence-corrected chi connectivity index (χ2v) is 8.26. The summed E-state index contributed by atoms with van der Waals surface area (Å²) < 4.78 is 24.9. The van der Waals surface area contributed by atoms with Gasteiger partial charge in [-0.25, -0.2) is 8.42 Å². The van der Waals surface area contributed by atoms with Gasteiger partial charge in [-0.1, -0.05) is 36.8 Å². The zero-order valence-corrected chi connectivity index (χ0v) is 17.3. The highest BCUT2D eigenvalue weighted by Crippen LogP contribution is 2.17. The molecule has 2 N–H and O–H groups in total. The Morgan fingerprint density at radius 1 is 0.926 bits per heavy atom. The van der Waals surface area contributed by atoms with E-state index in [1.807, 2.05) is 6.92 Å². The van der Waals surface area contributed by atoms with Crippen LogP contribution in [-0.4, -0.2) is 34.0 Å². The van der Waals surface area contributed by atoms with Crippen LogP contribution in [0.2, 0.25) is 0 Å². The maximum Gasteiger partial charge on any atom is 0.251 e. The predicted octanol–water partition coefficient (Wildman–Crippen LogP) is 3.12. The normalized spacial score (nSPS) is 10.9. The molecular weight excluding hydrogens is 384 g/mol. The molecule has 0 aromatic heterocycles. The number of carbonyl (C=O) groups excluding carboxylic acids is 1. The van der Waals surface area contributed by atoms with Crippen molar-refractivity contribution in [1.29, 1.82) is 0 Å². The molecule has 2 aromatic carbocycles. The Labute approximate surface area is 167 Å². The molecule has 0 aliphatic heterocycles. The van der Waals surface area contributed by atoms with Crippen LogP contribution in [0, 0.1) is 6.92 Å². The maximum absolute atomic E-state index is 12.5. The van der Waals surface area contributed by atoms with Gasteiger partial charge >= 0.3 is 0 Å². The molecule has 0 unspecified atom stereocenters. The molecule has 0 fully saturated rings. The summed E-state index contributed by atoms with van der Waals surface area (Å²) in [4.78, 5) is 12.4. The molecule has 0 bridgehead atoms. The molecule has 0 atom stereocenters. The molecule has 0 spiro atoms. The van der Waals surface area contributed by atoms with Crippen LogP contribution in [0.15, 0.2) is 53.4 Å². The number of benzene rings is 2. The molecule has 0 aliphatic carbocycles. The van der Waals surface area contributed by atoms with Crippen molar-refractivity contribution in [3.8, 4) is 0 Å². The van der Waals surface area contributed by atoms with Gasteiger partial charge in [-0.15, -0.1) is 12.4 Å². The van der Waals surface area contributed by atoms with Crippen molar-refractivity contribution in [1.82, 2.24) is 10.6 Å². The van der Waals surface area contributed by atoms with E-state index in [-0.39, 0.29) is 24.1 Å². The topological polar surface area (TPSA) is 75.3 Å². The van der Waals surface area contributed by atoms with Crippen LogP contribution in [0.3, 0.4) is 0 Å². The quantitative estimate of drug-likeness (QED) is 0.623. The first-order chi connectivity index (χ1) is 12.4. The first-order valence-electron chi connectivity index (χ1n) is 8.79. The number of rotatable bonds is 9. The van der Waals surface area contributed by atoms with Crippen LogP contribution in [-0.2, 0) is 15.6 Å². The lowest BCUT2D eigenvalue weighted by atomic mass is 10.1. The Bertz CT molecular complexity index is 819. The lowest BCUT2D eigenvalue weighted by Crippen LogP contribution is -2.32. The number of amides is 1. The monoisotopic (exact) mass is 410 g/mol. The minimum absolute atomic E-state index is 0. The lowest BCUT2D eigenvalue weighted by Gasteiger charge is -2.08. The Balaban J connectivity index is 0.00000364. The second kappa shape index (κ2) is 11.1. The van der Waals surface area contributed by atoms with Crippen LogP contribution in [0.5, 0.6) is 0 Å². The van der Waals surface area contributed by atoms with Crippen LogP contribution >= 0.6 is 12.4 Å². The fraction of sp³-hybridized carbons (Fsp3) is 0.350. The molecule has 0 aliphatic rings. The van der Waals surface area contributed by atoms with Crippen LogP contribution < -0.4 is 10.6 Å². The van der Waals surface area contributed by atoms with Gasteiger partial charge in [-0.3, -0.25) is 4.79 Å². The van der Waals surface area contributed by atoms with Gasteiger partial charge < -0.3 is 10.6 Å². The fourth-order valence-electron chi connectivity index (χ4n) is 2.47. The van der Waals surface area contributed by atoms with E-state index in [1.165, 1.54) is 0 Å². The molecule has 1 amide bonds. The van der Waals surface area contributed by atoms with E-state index in [2.05, 4.69) is 17.6 Å². The van der Waals surface area contributed by atoms with Gasteiger partial charge in [0, 0.05) is 18.7 Å². The van der Waals surface area contributed by atoms with Crippen molar-refractivity contribution >= 4 is 28.2 Å². The second-order valence-electron chi connectivity index (χ2n) is 6.27. The summed E-state index contributed by atoms with van der Waals surface area (Å²) in [5.41, 5.74) is 2.20. The first-order valence-corrected chi connectivity index (χ1v) is 10.4. The van der Waals surface area contributed by atoms with Crippen molar-refractivity contribution in [3.05, 3.63) is 65.2 Å². The summed E-state index contributed by atoms with van der Waals surface area (Å²) in [7, 11) is -3.40. The first kappa shape index (κ1) is 23.1. The van der Waals surface area contributed by atoms with Crippen LogP contribution in [0.1, 0.15) is 34.8 Å². The number of carbonyl (C=O) groups is 1. The van der Waals surface area contributed by atoms with Gasteiger partial charge in [0.1, 0.15) is 0 Å². The van der Waals surface area contributed by atoms with Crippen molar-refractivity contribution in [2.24, 2.45) is 0 Å². The molecule has 7 heteroatoms. The molecule has 0 radical (unpaired) electrons. The number of hydrogen-bond acceptors (Lipinski definition) is 4. The molecule has 2 aromatic rings. The van der Waals surface area contributed by atoms with Crippen molar-refractivity contribution in [3.63, 3.8) is 0 Å². The van der Waals surface area contributed by atoms with Crippen LogP contribution in [0.25, 0.3) is 0 Å². The zero-order chi connectivity index (χ0) is 19.0. The summed E-state index contributed by atoms with van der Waals surface area (Å²) in [6, 6.07) is 13.5. The Hall–Kier alpha value is -1.89. The molecule has 148 valence electrons. The number of halogens is 1. The molecule has 5 nitrogen and oxygen atoms in total. The van der Waals surface area contributed by atoms with Gasteiger partial charge in [0.05, 0.1) is 10.6 Å². The maximum atomic E-state index is 12.5. The predicted molar refractivity (Wildman–Crippen MR) is 111 cm³/mol. The smallest absolute Gasteiger partial charge is 0.251 e. The molecule has 27 heavy (non-hydrogen) atoms. The highest BCUT2D eigenvalue weighted by molar-refractivity contribution is 7.90. The number of aryl methyl sites for hydroxylation is 1. The van der Waals surface area contributed by atoms with Crippen molar-refractivity contribution in [2.45, 2.75) is 30.9 Å². The third kappa shape index (κ3) is 7.33. The van der Waals surface area contributed by atoms with E-state index >= 15 is 0 Å². The van der Waals surface area contributed by atoms with Gasteiger partial charge in [-0.05, 0) is 49.7 Å². The number of hydrogen-bond donors (Lipinski definition) is 2. The van der Waals surface area contributed by atoms with Gasteiger partial charge in [0.15, 0.2) is 9.84 Å². The highest BCUT2D eigenvalue weighted by Gasteiger charge is 2.15. The van der Waals surface area contributed by atoms with E-state index in [4.69, 9.17) is 0 Å². The molecule has 0 saturated carbocycles. The van der Waals surface area contributed by atoms with E-state index in [0.717, 1.165) is 25.1 Å². The van der Waals surface area contributed by atoms with Gasteiger partial charge in [0.2, 0.25) is 0 Å². The number of sulfone groups is 1. The van der Waals surface area contributed by atoms with E-state index < -0.39 is 9.84 Å². The highest BCUT2D eigenvalue weighted by atomic mass is 35.5.